The number of halogens is 1. The SMILES string of the molecule is CC(=O)NC[C@H]1CN(c2ccc(-c3ccc(NCc4cn[nH]n4)cc3)c(F)c2)C(=O)O1. The topological polar surface area (TPSA) is 112 Å². The third-order valence-electron chi connectivity index (χ3n) is 4.85. The van der Waals surface area contributed by atoms with Crippen LogP contribution in [-0.2, 0) is 16.1 Å². The third-order valence-corrected chi connectivity index (χ3v) is 4.85. The Morgan fingerprint density at radius 1 is 1.29 bits per heavy atom. The highest BCUT2D eigenvalue weighted by molar-refractivity contribution is 5.90. The van der Waals surface area contributed by atoms with Crippen molar-refractivity contribution in [2.45, 2.75) is 19.6 Å². The van der Waals surface area contributed by atoms with Gasteiger partial charge in [-0.05, 0) is 35.9 Å². The van der Waals surface area contributed by atoms with Crippen LogP contribution in [0.1, 0.15) is 12.6 Å². The van der Waals surface area contributed by atoms with Crippen molar-refractivity contribution >= 4 is 23.4 Å². The molecule has 4 rings (SSSR count). The molecule has 0 bridgehead atoms. The number of nitrogens with one attached hydrogen (secondary N) is 3. The first-order valence-corrected chi connectivity index (χ1v) is 9.70. The number of ether oxygens (including phenoxy) is 1. The van der Waals surface area contributed by atoms with Crippen LogP contribution in [0.3, 0.4) is 0 Å². The van der Waals surface area contributed by atoms with E-state index in [1.54, 1.807) is 18.3 Å². The number of anilines is 2. The number of rotatable bonds is 7. The van der Waals surface area contributed by atoms with Gasteiger partial charge < -0.3 is 15.4 Å². The van der Waals surface area contributed by atoms with Gasteiger partial charge >= 0.3 is 6.09 Å². The van der Waals surface area contributed by atoms with Gasteiger partial charge in [-0.25, -0.2) is 9.18 Å². The van der Waals surface area contributed by atoms with Gasteiger partial charge in [-0.15, -0.1) is 0 Å². The molecule has 2 amide bonds. The number of carbonyl (C=O) groups is 2. The van der Waals surface area contributed by atoms with Crippen molar-refractivity contribution in [2.24, 2.45) is 0 Å². The number of hydrogen-bond acceptors (Lipinski definition) is 6. The van der Waals surface area contributed by atoms with Crippen LogP contribution >= 0.6 is 0 Å². The number of H-pyrrole nitrogens is 1. The molecule has 0 radical (unpaired) electrons. The minimum absolute atomic E-state index is 0.204. The maximum Gasteiger partial charge on any atom is 0.414 e. The largest absolute Gasteiger partial charge is 0.442 e. The van der Waals surface area contributed by atoms with Gasteiger partial charge in [-0.2, -0.15) is 15.4 Å². The summed E-state index contributed by atoms with van der Waals surface area (Å²) in [6.07, 6.45) is 0.595. The van der Waals surface area contributed by atoms with E-state index in [1.165, 1.54) is 17.9 Å². The van der Waals surface area contributed by atoms with Crippen molar-refractivity contribution in [1.29, 1.82) is 0 Å². The Morgan fingerprint density at radius 3 is 2.77 bits per heavy atom. The lowest BCUT2D eigenvalue weighted by Crippen LogP contribution is -2.33. The number of benzene rings is 2. The minimum atomic E-state index is -0.565. The van der Waals surface area contributed by atoms with E-state index < -0.39 is 18.0 Å². The van der Waals surface area contributed by atoms with Gasteiger partial charge in [-0.1, -0.05) is 12.1 Å². The zero-order valence-corrected chi connectivity index (χ0v) is 16.8. The highest BCUT2D eigenvalue weighted by Crippen LogP contribution is 2.29. The van der Waals surface area contributed by atoms with Crippen molar-refractivity contribution in [3.05, 3.63) is 60.2 Å². The van der Waals surface area contributed by atoms with Crippen LogP contribution in [0.25, 0.3) is 11.1 Å². The zero-order chi connectivity index (χ0) is 21.8. The first kappa shape index (κ1) is 20.3. The van der Waals surface area contributed by atoms with Crippen LogP contribution < -0.4 is 15.5 Å². The van der Waals surface area contributed by atoms with E-state index in [0.717, 1.165) is 11.4 Å². The van der Waals surface area contributed by atoms with Crippen LogP contribution in [0.15, 0.2) is 48.7 Å². The number of nitrogens with zero attached hydrogens (tertiary/aromatic N) is 3. The molecule has 2 aromatic carbocycles. The molecule has 31 heavy (non-hydrogen) atoms. The quantitative estimate of drug-likeness (QED) is 0.538. The standard InChI is InChI=1S/C21H21FN6O3/c1-13(29)23-11-18-12-28(21(30)31-18)17-6-7-19(20(22)8-17)14-2-4-15(5-3-14)24-9-16-10-25-27-26-16/h2-8,10,18,24H,9,11-12H2,1H3,(H,23,29)(H,25,26,27)/t18-/m0/s1. The zero-order valence-electron chi connectivity index (χ0n) is 16.8. The summed E-state index contributed by atoms with van der Waals surface area (Å²) < 4.78 is 20.1. The van der Waals surface area contributed by atoms with E-state index in [1.807, 2.05) is 24.3 Å². The second kappa shape index (κ2) is 8.82. The fourth-order valence-electron chi connectivity index (χ4n) is 3.27. The highest BCUT2D eigenvalue weighted by Gasteiger charge is 2.32. The van der Waals surface area contributed by atoms with E-state index in [-0.39, 0.29) is 19.0 Å². The van der Waals surface area contributed by atoms with Crippen molar-refractivity contribution in [2.75, 3.05) is 23.3 Å². The summed E-state index contributed by atoms with van der Waals surface area (Å²) in [5.41, 5.74) is 3.19. The monoisotopic (exact) mass is 424 g/mol. The van der Waals surface area contributed by atoms with E-state index >= 15 is 0 Å². The number of aromatic nitrogens is 3. The van der Waals surface area contributed by atoms with Crippen LogP contribution in [0, 0.1) is 5.82 Å². The van der Waals surface area contributed by atoms with E-state index in [9.17, 15) is 14.0 Å². The lowest BCUT2D eigenvalue weighted by atomic mass is 10.0. The molecule has 0 unspecified atom stereocenters. The van der Waals surface area contributed by atoms with E-state index in [4.69, 9.17) is 4.74 Å². The van der Waals surface area contributed by atoms with Crippen molar-refractivity contribution in [1.82, 2.24) is 20.7 Å². The Bertz CT molecular complexity index is 1070. The van der Waals surface area contributed by atoms with Gasteiger partial charge in [-0.3, -0.25) is 9.69 Å². The number of aromatic amines is 1. The Balaban J connectivity index is 1.42. The first-order chi connectivity index (χ1) is 15.0. The first-order valence-electron chi connectivity index (χ1n) is 9.70. The van der Waals surface area contributed by atoms with Gasteiger partial charge in [0.15, 0.2) is 0 Å². The molecule has 2 heterocycles. The summed E-state index contributed by atoms with van der Waals surface area (Å²) in [5, 5.41) is 16.1. The molecule has 3 aromatic rings. The molecule has 1 aliphatic heterocycles. The molecule has 1 saturated heterocycles. The summed E-state index contributed by atoms with van der Waals surface area (Å²) in [6, 6.07) is 12.0. The summed E-state index contributed by atoms with van der Waals surface area (Å²) in [5.74, 6) is -0.650. The van der Waals surface area contributed by atoms with Gasteiger partial charge in [0.25, 0.3) is 0 Å². The maximum atomic E-state index is 14.8. The van der Waals surface area contributed by atoms with Crippen LogP contribution in [0.5, 0.6) is 0 Å². The van der Waals surface area contributed by atoms with E-state index in [0.29, 0.717) is 23.4 Å². The Labute approximate surface area is 177 Å². The summed E-state index contributed by atoms with van der Waals surface area (Å²) in [7, 11) is 0. The third kappa shape index (κ3) is 4.80. The number of amides is 2. The molecular formula is C21H21FN6O3. The van der Waals surface area contributed by atoms with E-state index in [2.05, 4.69) is 26.0 Å². The summed E-state index contributed by atoms with van der Waals surface area (Å²) in [6.45, 7) is 2.37. The van der Waals surface area contributed by atoms with Crippen molar-refractivity contribution in [3.8, 4) is 11.1 Å². The fraction of sp³-hybridized carbons (Fsp3) is 0.238. The molecule has 3 N–H and O–H groups in total. The number of carbonyl (C=O) groups excluding carboxylic acids is 2. The van der Waals surface area contributed by atoms with Gasteiger partial charge in [0.2, 0.25) is 5.91 Å². The number of cyclic esters (lactones) is 1. The Morgan fingerprint density at radius 2 is 2.10 bits per heavy atom. The predicted molar refractivity (Wildman–Crippen MR) is 112 cm³/mol. The minimum Gasteiger partial charge on any atom is -0.442 e. The van der Waals surface area contributed by atoms with Crippen LogP contribution in [0.2, 0.25) is 0 Å². The van der Waals surface area contributed by atoms with Crippen molar-refractivity contribution < 1.29 is 18.7 Å². The second-order valence-corrected chi connectivity index (χ2v) is 7.11. The smallest absolute Gasteiger partial charge is 0.414 e. The molecule has 160 valence electrons. The second-order valence-electron chi connectivity index (χ2n) is 7.11. The van der Waals surface area contributed by atoms with Gasteiger partial charge in [0.05, 0.1) is 31.5 Å². The molecule has 10 heteroatoms. The number of hydrogen-bond donors (Lipinski definition) is 3. The van der Waals surface area contributed by atoms with Crippen LogP contribution in [-0.4, -0.2) is 46.6 Å². The summed E-state index contributed by atoms with van der Waals surface area (Å²) in [4.78, 5) is 24.5. The lowest BCUT2D eigenvalue weighted by Gasteiger charge is -2.15. The van der Waals surface area contributed by atoms with Crippen LogP contribution in [0.4, 0.5) is 20.6 Å². The molecule has 9 nitrogen and oxygen atoms in total. The molecule has 0 saturated carbocycles. The normalized spacial score (nSPS) is 15.6. The lowest BCUT2D eigenvalue weighted by molar-refractivity contribution is -0.119. The molecule has 1 atom stereocenters. The van der Waals surface area contributed by atoms with Crippen molar-refractivity contribution in [3.63, 3.8) is 0 Å². The Kier molecular flexibility index (Phi) is 5.78. The molecule has 0 spiro atoms. The average Bonchev–Trinajstić information content (AvgIpc) is 3.41. The highest BCUT2D eigenvalue weighted by atomic mass is 19.1. The molecule has 1 aromatic heterocycles. The molecule has 0 aliphatic carbocycles. The Hall–Kier alpha value is -3.95. The average molecular weight is 424 g/mol. The molecular weight excluding hydrogens is 403 g/mol. The fourth-order valence-corrected chi connectivity index (χ4v) is 3.27. The van der Waals surface area contributed by atoms with Gasteiger partial charge in [0, 0.05) is 18.2 Å². The predicted octanol–water partition coefficient (Wildman–Crippen LogP) is 2.68. The molecule has 1 aliphatic rings. The van der Waals surface area contributed by atoms with Gasteiger partial charge in [0.1, 0.15) is 17.6 Å². The summed E-state index contributed by atoms with van der Waals surface area (Å²) >= 11 is 0. The molecule has 1 fully saturated rings. The maximum absolute atomic E-state index is 14.8.